The van der Waals surface area contributed by atoms with E-state index in [0.29, 0.717) is 43.5 Å². The topological polar surface area (TPSA) is 100 Å². The largest absolute Gasteiger partial charge is 0.378 e. The molecule has 55 heavy (non-hydrogen) atoms. The molecule has 0 radical (unpaired) electrons. The van der Waals surface area contributed by atoms with Gasteiger partial charge in [0.2, 0.25) is 12.3 Å². The highest BCUT2D eigenvalue weighted by molar-refractivity contribution is 7.83. The van der Waals surface area contributed by atoms with Gasteiger partial charge in [-0.15, -0.1) is 0 Å². The number of benzene rings is 2. The average Bonchev–Trinajstić information content (AvgIpc) is 3.62. The Labute approximate surface area is 319 Å². The number of Topliss-reactive ketones (excluding diaryl/α,β-unsaturated/α-hetero) is 1. The van der Waals surface area contributed by atoms with Crippen molar-refractivity contribution in [3.8, 4) is 23.0 Å². The zero-order chi connectivity index (χ0) is 39.7. The monoisotopic (exact) mass is 802 g/mol. The predicted octanol–water partition coefficient (Wildman–Crippen LogP) is 6.84. The Morgan fingerprint density at radius 1 is 1.15 bits per heavy atom. The number of carbonyl (C=O) groups excluding carboxylic acids is 1. The number of fused-ring (bicyclic) bond motifs is 4. The molecule has 0 spiro atoms. The fraction of sp³-hybridized carbons (Fsp3) is 0.410. The van der Waals surface area contributed by atoms with Crippen molar-refractivity contribution in [3.63, 3.8) is 0 Å². The molecule has 2 aliphatic carbocycles. The molecule has 1 aliphatic heterocycles. The van der Waals surface area contributed by atoms with Gasteiger partial charge < -0.3 is 5.11 Å². The number of nitrogens with zero attached hydrogens (tertiary/aromatic N) is 5. The average molecular weight is 803 g/mol. The molecule has 0 bridgehead atoms. The minimum Gasteiger partial charge on any atom is -0.378 e. The number of aromatic nitrogens is 3. The van der Waals surface area contributed by atoms with Gasteiger partial charge in [0.05, 0.1) is 27.7 Å². The summed E-state index contributed by atoms with van der Waals surface area (Å²) in [5.74, 6) is -4.21. The highest BCUT2D eigenvalue weighted by Crippen LogP contribution is 2.63. The Morgan fingerprint density at radius 3 is 2.49 bits per heavy atom. The van der Waals surface area contributed by atoms with Gasteiger partial charge in [0.25, 0.3) is 12.1 Å². The highest BCUT2D eigenvalue weighted by Gasteiger charge is 2.77. The van der Waals surface area contributed by atoms with Crippen molar-refractivity contribution in [1.29, 1.82) is 0 Å². The van der Waals surface area contributed by atoms with Crippen LogP contribution in [0.25, 0.3) is 22.0 Å². The summed E-state index contributed by atoms with van der Waals surface area (Å²) in [6.07, 6.45) is -2.08. The van der Waals surface area contributed by atoms with Crippen LogP contribution in [0.15, 0.2) is 47.6 Å². The Hall–Kier alpha value is -4.39. The molecule has 2 aromatic heterocycles. The fourth-order valence-electron chi connectivity index (χ4n) is 7.90. The molecule has 4 aromatic rings. The van der Waals surface area contributed by atoms with Gasteiger partial charge in [0.1, 0.15) is 28.8 Å². The highest BCUT2D eigenvalue weighted by atomic mass is 35.5. The van der Waals surface area contributed by atoms with E-state index in [1.807, 2.05) is 0 Å². The number of hydrogen-bond acceptors (Lipinski definition) is 6. The van der Waals surface area contributed by atoms with Gasteiger partial charge in [-0.05, 0) is 79.5 Å². The van der Waals surface area contributed by atoms with E-state index in [1.54, 1.807) is 36.0 Å². The van der Waals surface area contributed by atoms with Crippen LogP contribution in [0, 0.1) is 41.2 Å². The number of hydrazone groups is 1. The number of aliphatic hydroxyl groups is 1. The lowest BCUT2D eigenvalue weighted by Gasteiger charge is -2.21. The molecule has 2 aromatic carbocycles. The first-order chi connectivity index (χ1) is 25.8. The van der Waals surface area contributed by atoms with E-state index in [-0.39, 0.29) is 35.5 Å². The lowest BCUT2D eigenvalue weighted by Crippen LogP contribution is -2.38. The number of rotatable bonds is 11. The van der Waals surface area contributed by atoms with Crippen LogP contribution in [-0.4, -0.2) is 76.7 Å². The second-order valence-electron chi connectivity index (χ2n) is 14.8. The third kappa shape index (κ3) is 7.60. The smallest absolute Gasteiger partial charge is 0.331 e. The van der Waals surface area contributed by atoms with Crippen molar-refractivity contribution < 1.29 is 45.1 Å². The number of alkyl halides is 4. The maximum Gasteiger partial charge on any atom is 0.331 e. The normalized spacial score (nSPS) is 21.0. The van der Waals surface area contributed by atoms with E-state index >= 15 is 8.78 Å². The molecule has 5 atom stereocenters. The van der Waals surface area contributed by atoms with Crippen molar-refractivity contribution in [2.45, 2.75) is 62.7 Å². The first-order valence-electron chi connectivity index (χ1n) is 17.4. The van der Waals surface area contributed by atoms with E-state index in [9.17, 15) is 31.7 Å². The minimum absolute atomic E-state index is 0.0918. The fourth-order valence-corrected chi connectivity index (χ4v) is 8.75. The number of pyridine rings is 1. The molecule has 288 valence electrons. The Balaban J connectivity index is 1.37. The van der Waals surface area contributed by atoms with Crippen LogP contribution in [0.4, 0.5) is 26.3 Å². The standard InChI is InChI=1S/C39H35ClF6N5O3S/c1-38(2,53)10-9-23-5-6-25(26-7-8-29(40)32-30(18-55(4)54)48-50(3)35(26)32)33(47-23)20(11-19-12-21(41)15-22(42)13-19)14-24(52)17-51-36-31(34(49-51)37(43)44)27-16-28(27)39(36,45)46/h5-8,12-13,15,20,27-28,31,37,53H,11,14,16-18H2,1-4H3/q+1/t20-,27+,28-,31?,55?/m1/s1. The maximum atomic E-state index is 15.4. The van der Waals surface area contributed by atoms with Crippen LogP contribution in [0.2, 0.25) is 5.02 Å². The summed E-state index contributed by atoms with van der Waals surface area (Å²) in [4.78, 5) is 18.8. The summed E-state index contributed by atoms with van der Waals surface area (Å²) in [6, 6.07) is 9.50. The molecule has 2 unspecified atom stereocenters. The zero-order valence-corrected chi connectivity index (χ0v) is 31.6. The number of ketones is 1. The number of aryl methyl sites for hydroxylation is 1. The van der Waals surface area contributed by atoms with Crippen LogP contribution in [-0.2, 0) is 34.8 Å². The van der Waals surface area contributed by atoms with Crippen LogP contribution >= 0.6 is 11.6 Å². The third-order valence-electron chi connectivity index (χ3n) is 10.1. The summed E-state index contributed by atoms with van der Waals surface area (Å²) in [5, 5.41) is 19.6. The molecule has 2 fully saturated rings. The van der Waals surface area contributed by atoms with Crippen LogP contribution in [0.1, 0.15) is 55.3 Å². The molecular weight excluding hydrogens is 768 g/mol. The summed E-state index contributed by atoms with van der Waals surface area (Å²) >= 11 is 6.67. The van der Waals surface area contributed by atoms with Crippen molar-refractivity contribution in [2.24, 2.45) is 29.9 Å². The van der Waals surface area contributed by atoms with Gasteiger partial charge in [-0.3, -0.25) is 13.7 Å². The summed E-state index contributed by atoms with van der Waals surface area (Å²) in [6.45, 7) is 2.20. The number of halogens is 7. The SMILES string of the molecule is Cn1nc(CS(C)=O)c2c(Cl)ccc(-c3ccc(C#CC(C)(C)O)nc3[C@@H](CC(=O)C[N+]3=C4C(C(C(F)F)=N3)[C@H]3C[C@H]3C4(F)F)Cc3cc(F)cc(F)c3)c21. The lowest BCUT2D eigenvalue weighted by molar-refractivity contribution is -0.524. The van der Waals surface area contributed by atoms with Crippen LogP contribution in [0.5, 0.6) is 0 Å². The first kappa shape index (κ1) is 38.9. The Kier molecular flexibility index (Phi) is 10.1. The molecule has 7 rings (SSSR count). The number of hydrogen-bond donors (Lipinski definition) is 1. The van der Waals surface area contributed by atoms with Crippen LogP contribution < -0.4 is 0 Å². The van der Waals surface area contributed by atoms with Crippen molar-refractivity contribution >= 4 is 50.5 Å². The number of carbonyl (C=O) groups is 1. The second-order valence-corrected chi connectivity index (χ2v) is 16.7. The lowest BCUT2D eigenvalue weighted by atomic mass is 9.86. The summed E-state index contributed by atoms with van der Waals surface area (Å²) in [5.41, 5.74) is -0.170. The molecule has 1 N–H and O–H groups in total. The zero-order valence-electron chi connectivity index (χ0n) is 30.0. The minimum atomic E-state index is -3.41. The predicted molar refractivity (Wildman–Crippen MR) is 196 cm³/mol. The van der Waals surface area contributed by atoms with Crippen molar-refractivity contribution in [2.75, 3.05) is 12.8 Å². The van der Waals surface area contributed by atoms with Gasteiger partial charge in [0.15, 0.2) is 5.71 Å². The maximum absolute atomic E-state index is 15.4. The molecular formula is C39H35ClF6N5O3S+. The van der Waals surface area contributed by atoms with E-state index in [1.165, 1.54) is 20.1 Å². The molecule has 0 saturated heterocycles. The third-order valence-corrected chi connectivity index (χ3v) is 11.1. The van der Waals surface area contributed by atoms with Gasteiger partial charge in [-0.25, -0.2) is 22.5 Å². The molecule has 3 heterocycles. The Morgan fingerprint density at radius 2 is 1.84 bits per heavy atom. The van der Waals surface area contributed by atoms with E-state index in [2.05, 4.69) is 22.0 Å². The van der Waals surface area contributed by atoms with Gasteiger partial charge in [-0.1, -0.05) is 28.3 Å². The molecule has 16 heteroatoms. The second kappa shape index (κ2) is 14.3. The van der Waals surface area contributed by atoms with Crippen molar-refractivity contribution in [3.05, 3.63) is 81.8 Å². The quantitative estimate of drug-likeness (QED) is 0.102. The van der Waals surface area contributed by atoms with E-state index in [0.717, 1.165) is 12.1 Å². The Bertz CT molecular complexity index is 2390. The first-order valence-corrected chi connectivity index (χ1v) is 19.5. The van der Waals surface area contributed by atoms with Crippen LogP contribution in [0.3, 0.4) is 0 Å². The van der Waals surface area contributed by atoms with Crippen molar-refractivity contribution in [1.82, 2.24) is 14.8 Å². The molecule has 3 aliphatic rings. The van der Waals surface area contributed by atoms with E-state index < -0.39 is 94.2 Å². The summed E-state index contributed by atoms with van der Waals surface area (Å²) < 4.78 is 103. The van der Waals surface area contributed by atoms with Gasteiger partial charge in [0, 0.05) is 64.9 Å². The summed E-state index contributed by atoms with van der Waals surface area (Å²) in [7, 11) is 0.401. The van der Waals surface area contributed by atoms with Gasteiger partial charge >= 0.3 is 5.92 Å². The molecule has 2 saturated carbocycles. The molecule has 0 amide bonds. The van der Waals surface area contributed by atoms with Gasteiger partial charge in [-0.2, -0.15) is 13.9 Å². The van der Waals surface area contributed by atoms with E-state index in [4.69, 9.17) is 16.6 Å². The molecule has 8 nitrogen and oxygen atoms in total.